The number of anilines is 1. The molecule has 3 heterocycles. The molecule has 3 N–H and O–H groups in total. The molecular weight excluding hydrogens is 494 g/mol. The molecular formula is C29H33N7O3. The van der Waals surface area contributed by atoms with Gasteiger partial charge >= 0.3 is 6.09 Å². The van der Waals surface area contributed by atoms with Crippen LogP contribution in [0.15, 0.2) is 78.2 Å². The van der Waals surface area contributed by atoms with Gasteiger partial charge in [-0.05, 0) is 79.4 Å². The van der Waals surface area contributed by atoms with Crippen LogP contribution in [-0.2, 0) is 11.2 Å². The topological polar surface area (TPSA) is 126 Å². The first-order chi connectivity index (χ1) is 18.9. The zero-order valence-electron chi connectivity index (χ0n) is 22.2. The van der Waals surface area contributed by atoms with Crippen LogP contribution >= 0.6 is 0 Å². The highest BCUT2D eigenvalue weighted by Gasteiger charge is 2.20. The van der Waals surface area contributed by atoms with Crippen molar-refractivity contribution in [1.82, 2.24) is 19.8 Å². The van der Waals surface area contributed by atoms with E-state index in [9.17, 15) is 9.59 Å². The molecule has 0 bridgehead atoms. The standard InChI is InChI=1S/C29H33N7O3/c1-3-39-29(38)36-19-13-22(14-20-36)25-5-4-15-32-26(25)34-28(30)33-24-8-6-23(7-9-24)27(37)35(2)18-12-21-10-16-31-17-11-21/h4-11,13,15-17H,3,12,14,18-20H2,1-2H3,(H3,30,32,33,34). The van der Waals surface area contributed by atoms with E-state index < -0.39 is 0 Å². The van der Waals surface area contributed by atoms with Gasteiger partial charge in [-0.15, -0.1) is 0 Å². The Morgan fingerprint density at radius 1 is 1.13 bits per heavy atom. The van der Waals surface area contributed by atoms with E-state index in [4.69, 9.17) is 10.5 Å². The van der Waals surface area contributed by atoms with Crippen molar-refractivity contribution in [2.24, 2.45) is 10.7 Å². The maximum Gasteiger partial charge on any atom is 0.410 e. The van der Waals surface area contributed by atoms with Crippen LogP contribution in [0.2, 0.25) is 0 Å². The summed E-state index contributed by atoms with van der Waals surface area (Å²) < 4.78 is 5.09. The Morgan fingerprint density at radius 2 is 1.90 bits per heavy atom. The largest absolute Gasteiger partial charge is 0.450 e. The second-order valence-corrected chi connectivity index (χ2v) is 9.03. The summed E-state index contributed by atoms with van der Waals surface area (Å²) in [5, 5.41) is 3.07. The van der Waals surface area contributed by atoms with Crippen LogP contribution < -0.4 is 11.1 Å². The molecule has 10 heteroatoms. The predicted octanol–water partition coefficient (Wildman–Crippen LogP) is 4.10. The van der Waals surface area contributed by atoms with Gasteiger partial charge in [-0.3, -0.25) is 9.78 Å². The van der Waals surface area contributed by atoms with E-state index in [0.717, 1.165) is 23.1 Å². The molecule has 202 valence electrons. The zero-order valence-corrected chi connectivity index (χ0v) is 22.2. The van der Waals surface area contributed by atoms with Crippen LogP contribution in [-0.4, -0.2) is 71.0 Å². The van der Waals surface area contributed by atoms with Crippen LogP contribution in [0.25, 0.3) is 5.57 Å². The number of aromatic nitrogens is 2. The molecule has 0 atom stereocenters. The lowest BCUT2D eigenvalue weighted by Crippen LogP contribution is -2.35. The van der Waals surface area contributed by atoms with E-state index in [1.807, 2.05) is 30.3 Å². The normalized spacial score (nSPS) is 13.4. The van der Waals surface area contributed by atoms with Crippen LogP contribution in [0, 0.1) is 0 Å². The molecule has 0 spiro atoms. The molecule has 1 aliphatic rings. The first-order valence-corrected chi connectivity index (χ1v) is 12.9. The van der Waals surface area contributed by atoms with Gasteiger partial charge in [0.05, 0.1) is 6.61 Å². The number of nitrogens with two attached hydrogens (primary N) is 1. The number of nitrogens with zero attached hydrogens (tertiary/aromatic N) is 5. The van der Waals surface area contributed by atoms with E-state index >= 15 is 0 Å². The number of pyridine rings is 2. The van der Waals surface area contributed by atoms with E-state index in [1.54, 1.807) is 66.6 Å². The third kappa shape index (κ3) is 7.41. The number of likely N-dealkylation sites (N-methyl/N-ethyl adjacent to an activating group) is 1. The molecule has 0 radical (unpaired) electrons. The Kier molecular flexibility index (Phi) is 9.23. The van der Waals surface area contributed by atoms with Crippen molar-refractivity contribution in [3.05, 3.63) is 89.9 Å². The molecule has 0 fully saturated rings. The minimum absolute atomic E-state index is 0.0577. The van der Waals surface area contributed by atoms with Gasteiger partial charge in [-0.25, -0.2) is 9.78 Å². The second kappa shape index (κ2) is 13.2. The molecule has 0 saturated heterocycles. The van der Waals surface area contributed by atoms with Gasteiger partial charge in [-0.1, -0.05) is 6.08 Å². The molecule has 1 aliphatic heterocycles. The number of hydrogen-bond donors (Lipinski definition) is 2. The number of guanidine groups is 1. The summed E-state index contributed by atoms with van der Waals surface area (Å²) in [5.41, 5.74) is 10.5. The fourth-order valence-electron chi connectivity index (χ4n) is 4.19. The van der Waals surface area contributed by atoms with Crippen molar-refractivity contribution in [3.63, 3.8) is 0 Å². The molecule has 2 aromatic heterocycles. The van der Waals surface area contributed by atoms with Crippen molar-refractivity contribution in [1.29, 1.82) is 0 Å². The van der Waals surface area contributed by atoms with E-state index in [2.05, 4.69) is 20.3 Å². The molecule has 0 saturated carbocycles. The molecule has 0 aliphatic carbocycles. The number of carbonyl (C=O) groups excluding carboxylic acids is 2. The molecule has 1 aromatic carbocycles. The van der Waals surface area contributed by atoms with Crippen LogP contribution in [0.4, 0.5) is 16.3 Å². The number of hydrogen-bond acceptors (Lipinski definition) is 6. The third-order valence-corrected chi connectivity index (χ3v) is 6.33. The van der Waals surface area contributed by atoms with Crippen molar-refractivity contribution >= 4 is 35.0 Å². The van der Waals surface area contributed by atoms with Gasteiger partial charge < -0.3 is 25.6 Å². The number of carbonyl (C=O) groups is 2. The van der Waals surface area contributed by atoms with E-state index in [0.29, 0.717) is 49.7 Å². The number of benzene rings is 1. The maximum absolute atomic E-state index is 12.8. The highest BCUT2D eigenvalue weighted by atomic mass is 16.6. The highest BCUT2D eigenvalue weighted by Crippen LogP contribution is 2.29. The number of ether oxygens (including phenoxy) is 1. The fraction of sp³-hybridized carbons (Fsp3) is 0.276. The lowest BCUT2D eigenvalue weighted by atomic mass is 10.0. The quantitative estimate of drug-likeness (QED) is 0.334. The molecule has 2 amide bonds. The first-order valence-electron chi connectivity index (χ1n) is 12.9. The third-order valence-electron chi connectivity index (χ3n) is 6.33. The minimum atomic E-state index is -0.310. The molecule has 10 nitrogen and oxygen atoms in total. The Hall–Kier alpha value is -4.73. The molecule has 3 aromatic rings. The monoisotopic (exact) mass is 527 g/mol. The van der Waals surface area contributed by atoms with Crippen LogP contribution in [0.5, 0.6) is 0 Å². The summed E-state index contributed by atoms with van der Waals surface area (Å²) in [7, 11) is 1.79. The molecule has 39 heavy (non-hydrogen) atoms. The minimum Gasteiger partial charge on any atom is -0.450 e. The van der Waals surface area contributed by atoms with Crippen molar-refractivity contribution in [2.75, 3.05) is 38.6 Å². The van der Waals surface area contributed by atoms with Gasteiger partial charge in [0.15, 0.2) is 11.8 Å². The number of aliphatic imine (C=N–C) groups is 1. The summed E-state index contributed by atoms with van der Waals surface area (Å²) in [5.74, 6) is 0.603. The number of amides is 2. The number of rotatable bonds is 8. The summed E-state index contributed by atoms with van der Waals surface area (Å²) in [6, 6.07) is 14.8. The summed E-state index contributed by atoms with van der Waals surface area (Å²) in [4.78, 5) is 41.1. The van der Waals surface area contributed by atoms with Gasteiger partial charge in [0.1, 0.15) is 0 Å². The molecule has 4 rings (SSSR count). The smallest absolute Gasteiger partial charge is 0.410 e. The Balaban J connectivity index is 1.37. The SMILES string of the molecule is CCOC(=O)N1CC=C(c2cccnc2N=C(N)Nc2ccc(C(=O)N(C)CCc3ccncc3)cc2)CC1. The van der Waals surface area contributed by atoms with Crippen molar-refractivity contribution in [3.8, 4) is 0 Å². The van der Waals surface area contributed by atoms with Crippen LogP contribution in [0.3, 0.4) is 0 Å². The van der Waals surface area contributed by atoms with Gasteiger partial charge in [-0.2, -0.15) is 4.99 Å². The molecule has 0 unspecified atom stereocenters. The Morgan fingerprint density at radius 3 is 2.59 bits per heavy atom. The van der Waals surface area contributed by atoms with Crippen LogP contribution in [0.1, 0.15) is 34.8 Å². The number of nitrogens with one attached hydrogen (secondary N) is 1. The van der Waals surface area contributed by atoms with E-state index in [1.165, 1.54) is 0 Å². The van der Waals surface area contributed by atoms with Crippen molar-refractivity contribution in [2.45, 2.75) is 19.8 Å². The van der Waals surface area contributed by atoms with Gasteiger partial charge in [0, 0.05) is 62.1 Å². The predicted molar refractivity (Wildman–Crippen MR) is 152 cm³/mol. The second-order valence-electron chi connectivity index (χ2n) is 9.03. The Bertz CT molecular complexity index is 1340. The summed E-state index contributed by atoms with van der Waals surface area (Å²) in [6.07, 6.45) is 8.26. The lowest BCUT2D eigenvalue weighted by Gasteiger charge is -2.26. The highest BCUT2D eigenvalue weighted by molar-refractivity contribution is 5.97. The summed E-state index contributed by atoms with van der Waals surface area (Å²) >= 11 is 0. The first kappa shape index (κ1) is 27.3. The van der Waals surface area contributed by atoms with E-state index in [-0.39, 0.29) is 18.0 Å². The van der Waals surface area contributed by atoms with Gasteiger partial charge in [0.25, 0.3) is 5.91 Å². The average Bonchev–Trinajstić information content (AvgIpc) is 2.97. The van der Waals surface area contributed by atoms with Gasteiger partial charge in [0.2, 0.25) is 0 Å². The average molecular weight is 528 g/mol. The Labute approximate surface area is 228 Å². The zero-order chi connectivity index (χ0) is 27.6. The van der Waals surface area contributed by atoms with Crippen molar-refractivity contribution < 1.29 is 14.3 Å². The lowest BCUT2D eigenvalue weighted by molar-refractivity contribution is 0.0796. The summed E-state index contributed by atoms with van der Waals surface area (Å²) in [6.45, 7) is 3.76. The maximum atomic E-state index is 12.8. The fourth-order valence-corrected chi connectivity index (χ4v) is 4.19.